The summed E-state index contributed by atoms with van der Waals surface area (Å²) in [5, 5.41) is 3.31. The molecule has 1 saturated carbocycles. The standard InChI is InChI=1S/C15H29N3O2S/c1-3-16-14(17-10-12-21(2,19)20)18-11-9-15(13-18)7-5-4-6-8-15/h3-13H2,1-2H3,(H,16,17). The van der Waals surface area contributed by atoms with Gasteiger partial charge in [-0.1, -0.05) is 19.3 Å². The quantitative estimate of drug-likeness (QED) is 0.633. The van der Waals surface area contributed by atoms with Crippen molar-refractivity contribution in [2.45, 2.75) is 45.4 Å². The van der Waals surface area contributed by atoms with Crippen LogP contribution in [-0.2, 0) is 9.84 Å². The van der Waals surface area contributed by atoms with Crippen LogP contribution in [0.5, 0.6) is 0 Å². The Labute approximate surface area is 129 Å². The summed E-state index contributed by atoms with van der Waals surface area (Å²) in [6.07, 6.45) is 9.29. The number of aliphatic imine (C=N–C) groups is 1. The van der Waals surface area contributed by atoms with Gasteiger partial charge in [0.25, 0.3) is 0 Å². The first-order valence-electron chi connectivity index (χ1n) is 8.15. The number of hydrogen-bond acceptors (Lipinski definition) is 3. The van der Waals surface area contributed by atoms with E-state index in [0.29, 0.717) is 12.0 Å². The Morgan fingerprint density at radius 1 is 1.24 bits per heavy atom. The zero-order valence-corrected chi connectivity index (χ0v) is 14.2. The lowest BCUT2D eigenvalue weighted by molar-refractivity contribution is 0.203. The lowest BCUT2D eigenvalue weighted by Gasteiger charge is -2.33. The van der Waals surface area contributed by atoms with Crippen LogP contribution in [0.15, 0.2) is 4.99 Å². The van der Waals surface area contributed by atoms with Crippen LogP contribution < -0.4 is 5.32 Å². The van der Waals surface area contributed by atoms with Crippen molar-refractivity contribution in [3.63, 3.8) is 0 Å². The molecule has 6 heteroatoms. The van der Waals surface area contributed by atoms with Gasteiger partial charge in [-0.15, -0.1) is 0 Å². The Kier molecular flexibility index (Phi) is 5.52. The molecule has 0 radical (unpaired) electrons. The van der Waals surface area contributed by atoms with Crippen LogP contribution in [0.25, 0.3) is 0 Å². The van der Waals surface area contributed by atoms with E-state index in [1.807, 2.05) is 0 Å². The molecule has 122 valence electrons. The van der Waals surface area contributed by atoms with Gasteiger partial charge in [0, 0.05) is 25.9 Å². The molecular weight excluding hydrogens is 286 g/mol. The van der Waals surface area contributed by atoms with Crippen molar-refractivity contribution in [3.05, 3.63) is 0 Å². The highest BCUT2D eigenvalue weighted by Gasteiger charge is 2.39. The first-order chi connectivity index (χ1) is 9.94. The minimum absolute atomic E-state index is 0.126. The molecule has 0 atom stereocenters. The predicted molar refractivity (Wildman–Crippen MR) is 87.4 cm³/mol. The molecule has 1 heterocycles. The van der Waals surface area contributed by atoms with Gasteiger partial charge in [-0.05, 0) is 31.6 Å². The Morgan fingerprint density at radius 3 is 2.57 bits per heavy atom. The third-order valence-electron chi connectivity index (χ3n) is 4.71. The molecular formula is C15H29N3O2S. The van der Waals surface area contributed by atoms with Gasteiger partial charge < -0.3 is 10.2 Å². The molecule has 5 nitrogen and oxygen atoms in total. The first-order valence-corrected chi connectivity index (χ1v) is 10.2. The molecule has 0 amide bonds. The minimum Gasteiger partial charge on any atom is -0.357 e. The van der Waals surface area contributed by atoms with Crippen molar-refractivity contribution >= 4 is 15.8 Å². The molecule has 1 saturated heterocycles. The van der Waals surface area contributed by atoms with E-state index >= 15 is 0 Å². The van der Waals surface area contributed by atoms with Gasteiger partial charge in [-0.2, -0.15) is 0 Å². The lowest BCUT2D eigenvalue weighted by atomic mass is 9.73. The maximum atomic E-state index is 11.2. The lowest BCUT2D eigenvalue weighted by Crippen LogP contribution is -2.42. The third-order valence-corrected chi connectivity index (χ3v) is 5.63. The fraction of sp³-hybridized carbons (Fsp3) is 0.933. The maximum Gasteiger partial charge on any atom is 0.193 e. The Hall–Kier alpha value is -0.780. The highest BCUT2D eigenvalue weighted by Crippen LogP contribution is 2.43. The van der Waals surface area contributed by atoms with Crippen LogP contribution in [0.4, 0.5) is 0 Å². The summed E-state index contributed by atoms with van der Waals surface area (Å²) in [5.41, 5.74) is 0.491. The SMILES string of the molecule is CCNC(=NCCS(C)(=O)=O)N1CCC2(CCCCC2)C1. The number of hydrogen-bond donors (Lipinski definition) is 1. The van der Waals surface area contributed by atoms with Crippen molar-refractivity contribution in [2.24, 2.45) is 10.4 Å². The summed E-state index contributed by atoms with van der Waals surface area (Å²) < 4.78 is 22.5. The minimum atomic E-state index is -2.94. The normalized spacial score (nSPS) is 22.8. The molecule has 0 unspecified atom stereocenters. The molecule has 1 aliphatic heterocycles. The second-order valence-electron chi connectivity index (χ2n) is 6.60. The molecule has 0 aromatic heterocycles. The number of nitrogens with zero attached hydrogens (tertiary/aromatic N) is 2. The topological polar surface area (TPSA) is 61.8 Å². The zero-order chi connectivity index (χ0) is 15.3. The summed E-state index contributed by atoms with van der Waals surface area (Å²) in [6.45, 7) is 5.35. The van der Waals surface area contributed by atoms with Crippen LogP contribution in [-0.4, -0.2) is 57.5 Å². The van der Waals surface area contributed by atoms with Gasteiger partial charge in [0.2, 0.25) is 0 Å². The number of nitrogens with one attached hydrogen (secondary N) is 1. The van der Waals surface area contributed by atoms with E-state index in [1.54, 1.807) is 0 Å². The van der Waals surface area contributed by atoms with Gasteiger partial charge >= 0.3 is 0 Å². The van der Waals surface area contributed by atoms with Gasteiger partial charge in [-0.25, -0.2) is 8.42 Å². The molecule has 2 fully saturated rings. The second kappa shape index (κ2) is 6.99. The number of rotatable bonds is 4. The van der Waals surface area contributed by atoms with E-state index in [0.717, 1.165) is 25.6 Å². The Balaban J connectivity index is 1.97. The van der Waals surface area contributed by atoms with Crippen LogP contribution in [0.1, 0.15) is 45.4 Å². The van der Waals surface area contributed by atoms with E-state index in [1.165, 1.54) is 44.8 Å². The van der Waals surface area contributed by atoms with E-state index in [2.05, 4.69) is 22.1 Å². The molecule has 0 aromatic rings. The maximum absolute atomic E-state index is 11.2. The highest BCUT2D eigenvalue weighted by atomic mass is 32.2. The third kappa shape index (κ3) is 4.87. The molecule has 1 spiro atoms. The van der Waals surface area contributed by atoms with Gasteiger partial charge in [0.1, 0.15) is 9.84 Å². The Bertz CT molecular complexity index is 467. The molecule has 0 aromatic carbocycles. The molecule has 2 aliphatic rings. The molecule has 1 aliphatic carbocycles. The number of guanidine groups is 1. The second-order valence-corrected chi connectivity index (χ2v) is 8.86. The molecule has 21 heavy (non-hydrogen) atoms. The van der Waals surface area contributed by atoms with E-state index in [4.69, 9.17) is 0 Å². The molecule has 1 N–H and O–H groups in total. The fourth-order valence-corrected chi connectivity index (χ4v) is 3.99. The summed E-state index contributed by atoms with van der Waals surface area (Å²) in [4.78, 5) is 6.84. The smallest absolute Gasteiger partial charge is 0.193 e. The molecule has 2 rings (SSSR count). The first kappa shape index (κ1) is 16.6. The highest BCUT2D eigenvalue weighted by molar-refractivity contribution is 7.90. The van der Waals surface area contributed by atoms with Crippen LogP contribution in [0, 0.1) is 5.41 Å². The van der Waals surface area contributed by atoms with Gasteiger partial charge in [-0.3, -0.25) is 4.99 Å². The van der Waals surface area contributed by atoms with Gasteiger partial charge in [0.05, 0.1) is 12.3 Å². The van der Waals surface area contributed by atoms with Crippen molar-refractivity contribution in [2.75, 3.05) is 38.2 Å². The van der Waals surface area contributed by atoms with Gasteiger partial charge in [0.15, 0.2) is 5.96 Å². The van der Waals surface area contributed by atoms with E-state index in [-0.39, 0.29) is 5.75 Å². The fourth-order valence-electron chi connectivity index (χ4n) is 3.57. The average molecular weight is 315 g/mol. The summed E-state index contributed by atoms with van der Waals surface area (Å²) in [6, 6.07) is 0. The Morgan fingerprint density at radius 2 is 1.95 bits per heavy atom. The number of sulfone groups is 1. The monoisotopic (exact) mass is 315 g/mol. The predicted octanol–water partition coefficient (Wildman–Crippen LogP) is 1.65. The van der Waals surface area contributed by atoms with Crippen molar-refractivity contribution < 1.29 is 8.42 Å². The summed E-state index contributed by atoms with van der Waals surface area (Å²) >= 11 is 0. The van der Waals surface area contributed by atoms with Crippen molar-refractivity contribution in [1.29, 1.82) is 0 Å². The zero-order valence-electron chi connectivity index (χ0n) is 13.4. The summed E-state index contributed by atoms with van der Waals surface area (Å²) in [5.74, 6) is 1.02. The van der Waals surface area contributed by atoms with Crippen LogP contribution in [0.2, 0.25) is 0 Å². The van der Waals surface area contributed by atoms with E-state index in [9.17, 15) is 8.42 Å². The van der Waals surface area contributed by atoms with Crippen molar-refractivity contribution in [3.8, 4) is 0 Å². The average Bonchev–Trinajstić information content (AvgIpc) is 2.81. The number of likely N-dealkylation sites (tertiary alicyclic amines) is 1. The summed E-state index contributed by atoms with van der Waals surface area (Å²) in [7, 11) is -2.94. The van der Waals surface area contributed by atoms with E-state index < -0.39 is 9.84 Å². The largest absolute Gasteiger partial charge is 0.357 e. The van der Waals surface area contributed by atoms with Crippen molar-refractivity contribution in [1.82, 2.24) is 10.2 Å². The van der Waals surface area contributed by atoms with Crippen LogP contribution >= 0.6 is 0 Å². The van der Waals surface area contributed by atoms with Crippen LogP contribution in [0.3, 0.4) is 0 Å². The molecule has 0 bridgehead atoms.